The molecule has 1 N–H and O–H groups in total. The van der Waals surface area contributed by atoms with Crippen LogP contribution in [0.5, 0.6) is 0 Å². The Morgan fingerprint density at radius 1 is 1.40 bits per heavy atom. The van der Waals surface area contributed by atoms with Crippen molar-refractivity contribution in [1.29, 1.82) is 0 Å². The number of H-pyrrole nitrogens is 1. The molecular weight excluding hydrogens is 194 g/mol. The molecule has 0 aliphatic carbocycles. The van der Waals surface area contributed by atoms with Gasteiger partial charge in [0.2, 0.25) is 0 Å². The Bertz CT molecular complexity index is 563. The Morgan fingerprint density at radius 3 is 3.00 bits per heavy atom. The number of benzene rings is 1. The zero-order valence-electron chi connectivity index (χ0n) is 7.94. The van der Waals surface area contributed by atoms with Crippen molar-refractivity contribution in [3.05, 3.63) is 23.8 Å². The van der Waals surface area contributed by atoms with Crippen LogP contribution >= 0.6 is 0 Å². The lowest BCUT2D eigenvalue weighted by Gasteiger charge is -1.88. The van der Waals surface area contributed by atoms with E-state index in [4.69, 9.17) is 0 Å². The molecule has 0 saturated carbocycles. The van der Waals surface area contributed by atoms with Gasteiger partial charge in [-0.3, -0.25) is 0 Å². The van der Waals surface area contributed by atoms with E-state index in [1.54, 1.807) is 18.2 Å². The maximum Gasteiger partial charge on any atom is 0.384 e. The highest BCUT2D eigenvalue weighted by Gasteiger charge is 1.97. The minimum Gasteiger partial charge on any atom is -0.459 e. The Hall–Kier alpha value is -2.35. The van der Waals surface area contributed by atoms with E-state index in [2.05, 4.69) is 32.0 Å². The summed E-state index contributed by atoms with van der Waals surface area (Å²) in [5, 5.41) is 10.3. The summed E-state index contributed by atoms with van der Waals surface area (Å²) in [7, 11) is 1.29. The number of fused-ring (bicyclic) bond motifs is 1. The van der Waals surface area contributed by atoms with Crippen molar-refractivity contribution in [2.75, 3.05) is 7.11 Å². The topological polar surface area (TPSA) is 67.9 Å². The molecule has 1 aromatic carbocycles. The number of nitrogens with one attached hydrogen (secondary N) is 1. The molecule has 2 aromatic rings. The van der Waals surface area contributed by atoms with E-state index < -0.39 is 5.97 Å². The fraction of sp³-hybridized carbons (Fsp3) is 0.100. The first-order valence-electron chi connectivity index (χ1n) is 4.20. The van der Waals surface area contributed by atoms with Crippen molar-refractivity contribution in [2.24, 2.45) is 0 Å². The van der Waals surface area contributed by atoms with Crippen LogP contribution in [0.15, 0.2) is 18.2 Å². The standard InChI is InChI=1S/C10H7N3O2/c1-15-10(14)5-3-7-2-4-8-9(6-7)12-13-11-8/h2,4,6H,1H3,(H,11,12,13). The molecule has 0 saturated heterocycles. The third-order valence-electron chi connectivity index (χ3n) is 1.81. The van der Waals surface area contributed by atoms with Gasteiger partial charge in [0.15, 0.2) is 0 Å². The third-order valence-corrected chi connectivity index (χ3v) is 1.81. The van der Waals surface area contributed by atoms with Gasteiger partial charge in [-0.05, 0) is 18.2 Å². The van der Waals surface area contributed by atoms with Gasteiger partial charge in [-0.2, -0.15) is 15.4 Å². The molecule has 0 fully saturated rings. The highest BCUT2D eigenvalue weighted by molar-refractivity contribution is 5.89. The minimum atomic E-state index is -0.560. The van der Waals surface area contributed by atoms with Gasteiger partial charge >= 0.3 is 5.97 Å². The number of hydrogen-bond acceptors (Lipinski definition) is 4. The molecule has 0 bridgehead atoms. The lowest BCUT2D eigenvalue weighted by atomic mass is 10.2. The second-order valence-electron chi connectivity index (χ2n) is 2.77. The molecular formula is C10H7N3O2. The number of nitrogens with zero attached hydrogens (tertiary/aromatic N) is 2. The molecule has 0 aliphatic heterocycles. The van der Waals surface area contributed by atoms with Crippen LogP contribution in [0.2, 0.25) is 0 Å². The Balaban J connectivity index is 2.35. The average molecular weight is 201 g/mol. The maximum atomic E-state index is 10.8. The van der Waals surface area contributed by atoms with Gasteiger partial charge in [0, 0.05) is 11.5 Å². The van der Waals surface area contributed by atoms with Crippen LogP contribution in [0, 0.1) is 11.8 Å². The van der Waals surface area contributed by atoms with Gasteiger partial charge < -0.3 is 4.74 Å². The number of esters is 1. The average Bonchev–Trinajstić information content (AvgIpc) is 2.72. The molecule has 2 rings (SSSR count). The molecule has 0 spiro atoms. The number of aromatic amines is 1. The van der Waals surface area contributed by atoms with E-state index in [1.807, 2.05) is 0 Å². The summed E-state index contributed by atoms with van der Waals surface area (Å²) >= 11 is 0. The molecule has 0 aliphatic rings. The monoisotopic (exact) mass is 201 g/mol. The summed E-state index contributed by atoms with van der Waals surface area (Å²) < 4.78 is 4.40. The summed E-state index contributed by atoms with van der Waals surface area (Å²) in [6.45, 7) is 0. The molecule has 0 unspecified atom stereocenters. The Morgan fingerprint density at radius 2 is 2.20 bits per heavy atom. The summed E-state index contributed by atoms with van der Waals surface area (Å²) in [6.07, 6.45) is 0. The molecule has 1 aromatic heterocycles. The van der Waals surface area contributed by atoms with Crippen LogP contribution in [-0.2, 0) is 9.53 Å². The fourth-order valence-electron chi connectivity index (χ4n) is 1.09. The fourth-order valence-corrected chi connectivity index (χ4v) is 1.09. The summed E-state index contributed by atoms with van der Waals surface area (Å²) in [4.78, 5) is 10.8. The number of carbonyl (C=O) groups is 1. The van der Waals surface area contributed by atoms with E-state index in [1.165, 1.54) is 7.11 Å². The number of carbonyl (C=O) groups excluding carboxylic acids is 1. The van der Waals surface area contributed by atoms with Crippen LogP contribution in [0.3, 0.4) is 0 Å². The van der Waals surface area contributed by atoms with E-state index in [9.17, 15) is 4.79 Å². The first-order chi connectivity index (χ1) is 7.29. The number of ether oxygens (including phenoxy) is 1. The van der Waals surface area contributed by atoms with Gasteiger partial charge in [-0.1, -0.05) is 5.92 Å². The SMILES string of the molecule is COC(=O)C#Cc1ccc2n[nH]nc2c1. The molecule has 15 heavy (non-hydrogen) atoms. The lowest BCUT2D eigenvalue weighted by molar-refractivity contribution is -0.133. The van der Waals surface area contributed by atoms with E-state index >= 15 is 0 Å². The third kappa shape index (κ3) is 1.94. The highest BCUT2D eigenvalue weighted by Crippen LogP contribution is 2.09. The van der Waals surface area contributed by atoms with Crippen molar-refractivity contribution < 1.29 is 9.53 Å². The number of hydrogen-bond donors (Lipinski definition) is 1. The van der Waals surface area contributed by atoms with Crippen molar-refractivity contribution in [3.63, 3.8) is 0 Å². The van der Waals surface area contributed by atoms with Crippen LogP contribution in [-0.4, -0.2) is 28.5 Å². The maximum absolute atomic E-state index is 10.8. The van der Waals surface area contributed by atoms with Crippen LogP contribution in [0.4, 0.5) is 0 Å². The van der Waals surface area contributed by atoms with Gasteiger partial charge in [-0.25, -0.2) is 4.79 Å². The van der Waals surface area contributed by atoms with Crippen LogP contribution in [0.25, 0.3) is 11.0 Å². The zero-order valence-corrected chi connectivity index (χ0v) is 7.94. The molecule has 5 nitrogen and oxygen atoms in total. The van der Waals surface area contributed by atoms with Crippen molar-refractivity contribution in [3.8, 4) is 11.8 Å². The molecule has 5 heteroatoms. The Labute approximate surface area is 85.4 Å². The second kappa shape index (κ2) is 3.80. The molecule has 74 valence electrons. The summed E-state index contributed by atoms with van der Waals surface area (Å²) in [5.74, 6) is 4.45. The van der Waals surface area contributed by atoms with E-state index in [-0.39, 0.29) is 0 Å². The van der Waals surface area contributed by atoms with Crippen molar-refractivity contribution in [1.82, 2.24) is 15.4 Å². The number of rotatable bonds is 0. The van der Waals surface area contributed by atoms with Gasteiger partial charge in [0.05, 0.1) is 7.11 Å². The molecule has 0 radical (unpaired) electrons. The second-order valence-corrected chi connectivity index (χ2v) is 2.77. The van der Waals surface area contributed by atoms with Crippen LogP contribution in [0.1, 0.15) is 5.56 Å². The quantitative estimate of drug-likeness (QED) is 0.497. The largest absolute Gasteiger partial charge is 0.459 e. The molecule has 1 heterocycles. The van der Waals surface area contributed by atoms with Crippen molar-refractivity contribution in [2.45, 2.75) is 0 Å². The first-order valence-corrected chi connectivity index (χ1v) is 4.20. The normalized spacial score (nSPS) is 9.40. The van der Waals surface area contributed by atoms with Gasteiger partial charge in [0.25, 0.3) is 0 Å². The van der Waals surface area contributed by atoms with E-state index in [0.717, 1.165) is 5.52 Å². The number of aromatic nitrogens is 3. The molecule has 0 atom stereocenters. The first kappa shape index (κ1) is 9.21. The van der Waals surface area contributed by atoms with Crippen molar-refractivity contribution >= 4 is 17.0 Å². The van der Waals surface area contributed by atoms with Gasteiger partial charge in [0.1, 0.15) is 11.0 Å². The summed E-state index contributed by atoms with van der Waals surface area (Å²) in [6, 6.07) is 5.29. The van der Waals surface area contributed by atoms with Gasteiger partial charge in [-0.15, -0.1) is 0 Å². The minimum absolute atomic E-state index is 0.560. The lowest BCUT2D eigenvalue weighted by Crippen LogP contribution is -1.94. The Kier molecular flexibility index (Phi) is 2.33. The van der Waals surface area contributed by atoms with Crippen LogP contribution < -0.4 is 0 Å². The molecule has 0 amide bonds. The smallest absolute Gasteiger partial charge is 0.384 e. The highest BCUT2D eigenvalue weighted by atomic mass is 16.5. The predicted molar refractivity (Wildman–Crippen MR) is 52.8 cm³/mol. The zero-order chi connectivity index (χ0) is 10.7. The summed E-state index contributed by atoms with van der Waals surface area (Å²) in [5.41, 5.74) is 2.17. The number of methoxy groups -OCH3 is 1. The van der Waals surface area contributed by atoms with E-state index in [0.29, 0.717) is 11.1 Å². The predicted octanol–water partition coefficient (Wildman–Crippen LogP) is 0.482.